The van der Waals surface area contributed by atoms with E-state index in [1.54, 1.807) is 20.8 Å². The van der Waals surface area contributed by atoms with E-state index in [1.165, 1.54) is 13.0 Å². The second-order valence-corrected chi connectivity index (χ2v) is 5.55. The zero-order chi connectivity index (χ0) is 15.5. The van der Waals surface area contributed by atoms with E-state index in [0.29, 0.717) is 0 Å². The van der Waals surface area contributed by atoms with Crippen molar-refractivity contribution in [2.45, 2.75) is 45.4 Å². The number of aliphatic hydroxyl groups excluding tert-OH is 1. The standard InChI is InChI=1S/C14H19F2NO3/c1-8(17-13(19)20-14(2,3)4)12(18)9-5-6-10(15)11(16)7-9/h5-8,12,18H,1-4H3,(H,17,19)/t8-,12-/m1/s1. The zero-order valence-electron chi connectivity index (χ0n) is 11.9. The first-order valence-electron chi connectivity index (χ1n) is 6.22. The molecule has 0 heterocycles. The van der Waals surface area contributed by atoms with Gasteiger partial charge < -0.3 is 15.2 Å². The predicted octanol–water partition coefficient (Wildman–Crippen LogP) is 2.91. The average molecular weight is 287 g/mol. The van der Waals surface area contributed by atoms with Crippen molar-refractivity contribution in [3.05, 3.63) is 35.4 Å². The SMILES string of the molecule is C[C@@H](NC(=O)OC(C)(C)C)[C@@H](O)c1ccc(F)c(F)c1. The Labute approximate surface area is 116 Å². The van der Waals surface area contributed by atoms with E-state index in [2.05, 4.69) is 5.32 Å². The van der Waals surface area contributed by atoms with Gasteiger partial charge >= 0.3 is 6.09 Å². The summed E-state index contributed by atoms with van der Waals surface area (Å²) < 4.78 is 30.9. The lowest BCUT2D eigenvalue weighted by molar-refractivity contribution is 0.0435. The van der Waals surface area contributed by atoms with E-state index in [9.17, 15) is 18.7 Å². The first-order chi connectivity index (χ1) is 9.10. The molecule has 112 valence electrons. The third-order valence-electron chi connectivity index (χ3n) is 2.50. The number of aliphatic hydroxyl groups is 1. The Balaban J connectivity index is 2.69. The van der Waals surface area contributed by atoms with Crippen molar-refractivity contribution in [2.24, 2.45) is 0 Å². The summed E-state index contributed by atoms with van der Waals surface area (Å²) >= 11 is 0. The number of carbonyl (C=O) groups is 1. The highest BCUT2D eigenvalue weighted by Gasteiger charge is 2.23. The van der Waals surface area contributed by atoms with E-state index in [0.717, 1.165) is 12.1 Å². The summed E-state index contributed by atoms with van der Waals surface area (Å²) in [5.74, 6) is -2.04. The van der Waals surface area contributed by atoms with Gasteiger partial charge in [0.25, 0.3) is 0 Å². The average Bonchev–Trinajstić information content (AvgIpc) is 2.29. The molecule has 0 saturated heterocycles. The molecule has 1 aromatic carbocycles. The molecule has 0 aliphatic heterocycles. The molecule has 20 heavy (non-hydrogen) atoms. The van der Waals surface area contributed by atoms with Gasteiger partial charge in [-0.2, -0.15) is 0 Å². The minimum absolute atomic E-state index is 0.174. The highest BCUT2D eigenvalue weighted by atomic mass is 19.2. The smallest absolute Gasteiger partial charge is 0.407 e. The van der Waals surface area contributed by atoms with Crippen LogP contribution in [0.15, 0.2) is 18.2 Å². The van der Waals surface area contributed by atoms with Crippen molar-refractivity contribution in [1.29, 1.82) is 0 Å². The zero-order valence-corrected chi connectivity index (χ0v) is 11.9. The number of hydrogen-bond donors (Lipinski definition) is 2. The Morgan fingerprint density at radius 3 is 2.40 bits per heavy atom. The molecule has 0 bridgehead atoms. The van der Waals surface area contributed by atoms with Crippen LogP contribution in [-0.4, -0.2) is 22.8 Å². The minimum atomic E-state index is -1.17. The Bertz CT molecular complexity index is 486. The van der Waals surface area contributed by atoms with Gasteiger partial charge in [-0.05, 0) is 45.4 Å². The van der Waals surface area contributed by atoms with Crippen LogP contribution >= 0.6 is 0 Å². The molecule has 1 amide bonds. The van der Waals surface area contributed by atoms with Crippen molar-refractivity contribution in [2.75, 3.05) is 0 Å². The second-order valence-electron chi connectivity index (χ2n) is 5.55. The largest absolute Gasteiger partial charge is 0.444 e. The fourth-order valence-electron chi connectivity index (χ4n) is 1.56. The first kappa shape index (κ1) is 16.4. The number of benzene rings is 1. The van der Waals surface area contributed by atoms with Crippen LogP contribution < -0.4 is 5.32 Å². The van der Waals surface area contributed by atoms with E-state index >= 15 is 0 Å². The van der Waals surface area contributed by atoms with Crippen molar-refractivity contribution >= 4 is 6.09 Å². The molecule has 2 N–H and O–H groups in total. The van der Waals surface area contributed by atoms with Crippen molar-refractivity contribution in [1.82, 2.24) is 5.32 Å². The number of hydrogen-bond acceptors (Lipinski definition) is 3. The molecule has 2 atom stereocenters. The van der Waals surface area contributed by atoms with Crippen LogP contribution in [0.25, 0.3) is 0 Å². The van der Waals surface area contributed by atoms with Crippen LogP contribution in [0.2, 0.25) is 0 Å². The number of carbonyl (C=O) groups excluding carboxylic acids is 1. The molecular weight excluding hydrogens is 268 g/mol. The van der Waals surface area contributed by atoms with E-state index < -0.39 is 35.5 Å². The lowest BCUT2D eigenvalue weighted by Gasteiger charge is -2.24. The number of halogens is 2. The fourth-order valence-corrected chi connectivity index (χ4v) is 1.56. The maximum absolute atomic E-state index is 13.1. The Hall–Kier alpha value is -1.69. The van der Waals surface area contributed by atoms with Gasteiger partial charge in [0.1, 0.15) is 5.60 Å². The van der Waals surface area contributed by atoms with Gasteiger partial charge in [0.05, 0.1) is 12.1 Å². The van der Waals surface area contributed by atoms with Gasteiger partial charge in [0.15, 0.2) is 11.6 Å². The van der Waals surface area contributed by atoms with E-state index in [-0.39, 0.29) is 5.56 Å². The molecular formula is C14H19F2NO3. The second kappa shape index (κ2) is 6.17. The quantitative estimate of drug-likeness (QED) is 0.898. The fraction of sp³-hybridized carbons (Fsp3) is 0.500. The molecule has 0 aliphatic carbocycles. The predicted molar refractivity (Wildman–Crippen MR) is 70.1 cm³/mol. The number of alkyl carbamates (subject to hydrolysis) is 1. The molecule has 6 heteroatoms. The molecule has 1 aromatic rings. The molecule has 0 fully saturated rings. The summed E-state index contributed by atoms with van der Waals surface area (Å²) in [7, 11) is 0. The summed E-state index contributed by atoms with van der Waals surface area (Å²) in [5.41, 5.74) is -0.482. The topological polar surface area (TPSA) is 58.6 Å². The summed E-state index contributed by atoms with van der Waals surface area (Å²) in [4.78, 5) is 11.5. The summed E-state index contributed by atoms with van der Waals surface area (Å²) in [6.45, 7) is 6.67. The van der Waals surface area contributed by atoms with Gasteiger partial charge in [-0.25, -0.2) is 13.6 Å². The number of rotatable bonds is 3. The van der Waals surface area contributed by atoms with Crippen LogP contribution in [0.3, 0.4) is 0 Å². The van der Waals surface area contributed by atoms with Crippen molar-refractivity contribution in [3.8, 4) is 0 Å². The summed E-state index contributed by atoms with van der Waals surface area (Å²) in [6, 6.07) is 2.37. The van der Waals surface area contributed by atoms with Crippen LogP contribution in [0, 0.1) is 11.6 Å². The molecule has 1 rings (SSSR count). The van der Waals surface area contributed by atoms with Gasteiger partial charge in [0.2, 0.25) is 0 Å². The van der Waals surface area contributed by atoms with Crippen LogP contribution in [-0.2, 0) is 4.74 Å². The van der Waals surface area contributed by atoms with Crippen molar-refractivity contribution in [3.63, 3.8) is 0 Å². The molecule has 0 spiro atoms. The Morgan fingerprint density at radius 2 is 1.90 bits per heavy atom. The van der Waals surface area contributed by atoms with Gasteiger partial charge in [-0.15, -0.1) is 0 Å². The highest BCUT2D eigenvalue weighted by Crippen LogP contribution is 2.19. The van der Waals surface area contributed by atoms with Crippen LogP contribution in [0.5, 0.6) is 0 Å². The first-order valence-corrected chi connectivity index (χ1v) is 6.22. The van der Waals surface area contributed by atoms with Crippen LogP contribution in [0.1, 0.15) is 39.4 Å². The Morgan fingerprint density at radius 1 is 1.30 bits per heavy atom. The number of ether oxygens (including phenoxy) is 1. The van der Waals surface area contributed by atoms with Gasteiger partial charge in [-0.3, -0.25) is 0 Å². The molecule has 0 aliphatic rings. The molecule has 0 unspecified atom stereocenters. The van der Waals surface area contributed by atoms with Gasteiger partial charge in [0, 0.05) is 0 Å². The third kappa shape index (κ3) is 4.77. The minimum Gasteiger partial charge on any atom is -0.444 e. The third-order valence-corrected chi connectivity index (χ3v) is 2.50. The molecule has 0 saturated carbocycles. The number of nitrogens with one attached hydrogen (secondary N) is 1. The maximum atomic E-state index is 13.1. The van der Waals surface area contributed by atoms with Crippen molar-refractivity contribution < 1.29 is 23.4 Å². The van der Waals surface area contributed by atoms with Crippen LogP contribution in [0.4, 0.5) is 13.6 Å². The lowest BCUT2D eigenvalue weighted by atomic mass is 10.0. The summed E-state index contributed by atoms with van der Waals surface area (Å²) in [5, 5.41) is 12.4. The summed E-state index contributed by atoms with van der Waals surface area (Å²) in [6.07, 6.45) is -1.86. The monoisotopic (exact) mass is 287 g/mol. The maximum Gasteiger partial charge on any atom is 0.407 e. The molecule has 4 nitrogen and oxygen atoms in total. The normalized spacial score (nSPS) is 14.6. The van der Waals surface area contributed by atoms with Gasteiger partial charge in [-0.1, -0.05) is 6.07 Å². The number of amides is 1. The molecule has 0 radical (unpaired) electrons. The van der Waals surface area contributed by atoms with E-state index in [4.69, 9.17) is 4.74 Å². The Kier molecular flexibility index (Phi) is 5.05. The van der Waals surface area contributed by atoms with E-state index in [1.807, 2.05) is 0 Å². The highest BCUT2D eigenvalue weighted by molar-refractivity contribution is 5.68. The lowest BCUT2D eigenvalue weighted by Crippen LogP contribution is -2.40. The molecule has 0 aromatic heterocycles.